The minimum Gasteiger partial charge on any atom is -0.448 e. The lowest BCUT2D eigenvalue weighted by Crippen LogP contribution is -2.29. The molecule has 1 aliphatic carbocycles. The molecule has 1 N–H and O–H groups in total. The van der Waals surface area contributed by atoms with Crippen molar-refractivity contribution >= 4 is 28.9 Å². The summed E-state index contributed by atoms with van der Waals surface area (Å²) in [7, 11) is 0. The van der Waals surface area contributed by atoms with Gasteiger partial charge in [-0.2, -0.15) is 0 Å². The zero-order valence-electron chi connectivity index (χ0n) is 14.6. The van der Waals surface area contributed by atoms with Crippen LogP contribution < -0.4 is 5.32 Å². The van der Waals surface area contributed by atoms with Crippen molar-refractivity contribution in [3.8, 4) is 0 Å². The Hall–Kier alpha value is -2.14. The molecule has 0 saturated heterocycles. The van der Waals surface area contributed by atoms with E-state index in [-0.39, 0.29) is 5.91 Å². The van der Waals surface area contributed by atoms with Crippen LogP contribution in [0.1, 0.15) is 46.8 Å². The van der Waals surface area contributed by atoms with Crippen LogP contribution in [0.5, 0.6) is 0 Å². The Balaban J connectivity index is 1.60. The van der Waals surface area contributed by atoms with Crippen LogP contribution in [0.3, 0.4) is 0 Å². The van der Waals surface area contributed by atoms with Gasteiger partial charge in [-0.1, -0.05) is 31.5 Å². The van der Waals surface area contributed by atoms with Gasteiger partial charge in [-0.25, -0.2) is 4.79 Å². The predicted molar refractivity (Wildman–Crippen MR) is 100 cm³/mol. The number of thiophene rings is 1. The van der Waals surface area contributed by atoms with Crippen LogP contribution in [-0.4, -0.2) is 18.0 Å². The fourth-order valence-corrected chi connectivity index (χ4v) is 4.18. The standard InChI is InChI=1S/C20H23NO3S/c1-3-14-9-10-17-15(11-14)12-18(25-17)20(23)24-13(2)19(22)21-16-7-5-4-6-8-16/h4-8,12-14H,3,9-11H2,1-2H3,(H,21,22). The minimum atomic E-state index is -0.838. The molecule has 0 aliphatic heterocycles. The molecule has 4 nitrogen and oxygen atoms in total. The molecule has 1 aliphatic rings. The van der Waals surface area contributed by atoms with Crippen molar-refractivity contribution in [3.05, 3.63) is 51.7 Å². The molecule has 3 rings (SSSR count). The van der Waals surface area contributed by atoms with Crippen molar-refractivity contribution in [2.45, 2.75) is 45.6 Å². The number of anilines is 1. The highest BCUT2D eigenvalue weighted by Crippen LogP contribution is 2.33. The average molecular weight is 357 g/mol. The number of para-hydroxylation sites is 1. The van der Waals surface area contributed by atoms with Gasteiger partial charge in [-0.3, -0.25) is 4.79 Å². The van der Waals surface area contributed by atoms with Gasteiger partial charge in [0.05, 0.1) is 0 Å². The first-order chi connectivity index (χ1) is 12.1. The van der Waals surface area contributed by atoms with Crippen LogP contribution >= 0.6 is 11.3 Å². The maximum absolute atomic E-state index is 12.4. The van der Waals surface area contributed by atoms with Crippen molar-refractivity contribution in [1.29, 1.82) is 0 Å². The predicted octanol–water partition coefficient (Wildman–Crippen LogP) is 4.45. The number of rotatable bonds is 5. The van der Waals surface area contributed by atoms with E-state index in [1.54, 1.807) is 19.1 Å². The molecule has 132 valence electrons. The zero-order chi connectivity index (χ0) is 17.8. The van der Waals surface area contributed by atoms with Crippen molar-refractivity contribution in [2.75, 3.05) is 5.32 Å². The van der Waals surface area contributed by atoms with E-state index in [0.29, 0.717) is 16.5 Å². The normalized spacial score (nSPS) is 17.4. The van der Waals surface area contributed by atoms with Crippen LogP contribution in [0.4, 0.5) is 5.69 Å². The first-order valence-electron chi connectivity index (χ1n) is 8.75. The molecule has 1 heterocycles. The van der Waals surface area contributed by atoms with Gasteiger partial charge in [0, 0.05) is 10.6 Å². The Morgan fingerprint density at radius 3 is 2.80 bits per heavy atom. The molecule has 1 aromatic carbocycles. The molecule has 2 aromatic rings. The molecule has 0 spiro atoms. The fraction of sp³-hybridized carbons (Fsp3) is 0.400. The Labute approximate surface area is 152 Å². The van der Waals surface area contributed by atoms with E-state index in [1.807, 2.05) is 24.3 Å². The van der Waals surface area contributed by atoms with E-state index < -0.39 is 12.1 Å². The summed E-state index contributed by atoms with van der Waals surface area (Å²) in [4.78, 5) is 26.4. The number of carbonyl (C=O) groups excluding carboxylic acids is 2. The van der Waals surface area contributed by atoms with Crippen molar-refractivity contribution in [2.24, 2.45) is 5.92 Å². The van der Waals surface area contributed by atoms with Crippen LogP contribution in [0.15, 0.2) is 36.4 Å². The van der Waals surface area contributed by atoms with Crippen molar-refractivity contribution in [1.82, 2.24) is 0 Å². The third kappa shape index (κ3) is 4.28. The molecular weight excluding hydrogens is 334 g/mol. The summed E-state index contributed by atoms with van der Waals surface area (Å²) in [6.07, 6.45) is 3.60. The first kappa shape index (κ1) is 17.7. The molecule has 5 heteroatoms. The molecule has 0 fully saturated rings. The maximum atomic E-state index is 12.4. The topological polar surface area (TPSA) is 55.4 Å². The number of benzene rings is 1. The van der Waals surface area contributed by atoms with Crippen molar-refractivity contribution in [3.63, 3.8) is 0 Å². The first-order valence-corrected chi connectivity index (χ1v) is 9.57. The highest BCUT2D eigenvalue weighted by Gasteiger charge is 2.25. The van der Waals surface area contributed by atoms with Crippen LogP contribution in [0.2, 0.25) is 0 Å². The van der Waals surface area contributed by atoms with E-state index in [9.17, 15) is 9.59 Å². The highest BCUT2D eigenvalue weighted by atomic mass is 32.1. The van der Waals surface area contributed by atoms with Crippen molar-refractivity contribution < 1.29 is 14.3 Å². The van der Waals surface area contributed by atoms with Gasteiger partial charge in [-0.15, -0.1) is 11.3 Å². The van der Waals surface area contributed by atoms with Gasteiger partial charge >= 0.3 is 5.97 Å². The monoisotopic (exact) mass is 357 g/mol. The molecule has 0 saturated carbocycles. The Morgan fingerprint density at radius 1 is 1.32 bits per heavy atom. The number of fused-ring (bicyclic) bond motifs is 1. The molecule has 2 atom stereocenters. The Bertz CT molecular complexity index is 754. The number of aryl methyl sites for hydroxylation is 1. The second kappa shape index (κ2) is 7.83. The van der Waals surface area contributed by atoms with Gasteiger partial charge in [0.1, 0.15) is 4.88 Å². The number of ether oxygens (including phenoxy) is 1. The van der Waals surface area contributed by atoms with Crippen LogP contribution in [0, 0.1) is 5.92 Å². The molecule has 0 radical (unpaired) electrons. The number of hydrogen-bond acceptors (Lipinski definition) is 4. The molecule has 25 heavy (non-hydrogen) atoms. The second-order valence-electron chi connectivity index (χ2n) is 6.48. The molecule has 2 unspecified atom stereocenters. The molecule has 1 amide bonds. The lowest BCUT2D eigenvalue weighted by molar-refractivity contribution is -0.123. The van der Waals surface area contributed by atoms with Gasteiger partial charge < -0.3 is 10.1 Å². The largest absolute Gasteiger partial charge is 0.448 e. The third-order valence-electron chi connectivity index (χ3n) is 4.66. The maximum Gasteiger partial charge on any atom is 0.349 e. The summed E-state index contributed by atoms with van der Waals surface area (Å²) >= 11 is 1.51. The SMILES string of the molecule is CCC1CCc2sc(C(=O)OC(C)C(=O)Nc3ccccc3)cc2C1. The number of esters is 1. The van der Waals surface area contributed by atoms with Crippen LogP contribution in [0.25, 0.3) is 0 Å². The average Bonchev–Trinajstić information content (AvgIpc) is 3.05. The minimum absolute atomic E-state index is 0.327. The van der Waals surface area contributed by atoms with Gasteiger partial charge in [0.15, 0.2) is 6.10 Å². The van der Waals surface area contributed by atoms with E-state index in [1.165, 1.54) is 34.6 Å². The van der Waals surface area contributed by atoms with E-state index in [0.717, 1.165) is 12.8 Å². The summed E-state index contributed by atoms with van der Waals surface area (Å²) in [5, 5.41) is 2.75. The Morgan fingerprint density at radius 2 is 2.08 bits per heavy atom. The number of amides is 1. The summed E-state index contributed by atoms with van der Waals surface area (Å²) in [5.41, 5.74) is 1.96. The summed E-state index contributed by atoms with van der Waals surface area (Å²) in [6, 6.07) is 11.1. The molecular formula is C20H23NO3S. The van der Waals surface area contributed by atoms with Gasteiger partial charge in [0.2, 0.25) is 0 Å². The number of nitrogens with one attached hydrogen (secondary N) is 1. The molecule has 1 aromatic heterocycles. The summed E-state index contributed by atoms with van der Waals surface area (Å²) in [5.74, 6) is -0.0309. The smallest absolute Gasteiger partial charge is 0.349 e. The second-order valence-corrected chi connectivity index (χ2v) is 7.62. The van der Waals surface area contributed by atoms with E-state index >= 15 is 0 Å². The van der Waals surface area contributed by atoms with Gasteiger partial charge in [0.25, 0.3) is 5.91 Å². The molecule has 0 bridgehead atoms. The summed E-state index contributed by atoms with van der Waals surface area (Å²) in [6.45, 7) is 3.81. The lowest BCUT2D eigenvalue weighted by atomic mass is 9.87. The lowest BCUT2D eigenvalue weighted by Gasteiger charge is -2.19. The Kier molecular flexibility index (Phi) is 5.53. The third-order valence-corrected chi connectivity index (χ3v) is 5.87. The van der Waals surface area contributed by atoms with E-state index in [4.69, 9.17) is 4.74 Å². The fourth-order valence-electron chi connectivity index (χ4n) is 3.09. The zero-order valence-corrected chi connectivity index (χ0v) is 15.4. The quantitative estimate of drug-likeness (QED) is 0.805. The summed E-state index contributed by atoms with van der Waals surface area (Å²) < 4.78 is 5.36. The van der Waals surface area contributed by atoms with Crippen LogP contribution in [-0.2, 0) is 22.4 Å². The number of hydrogen-bond donors (Lipinski definition) is 1. The highest BCUT2D eigenvalue weighted by molar-refractivity contribution is 7.14. The van der Waals surface area contributed by atoms with Gasteiger partial charge in [-0.05, 0) is 55.9 Å². The van der Waals surface area contributed by atoms with E-state index in [2.05, 4.69) is 12.2 Å². The number of carbonyl (C=O) groups is 2.